The predicted octanol–water partition coefficient (Wildman–Crippen LogP) is 2.37. The van der Waals surface area contributed by atoms with Gasteiger partial charge < -0.3 is 5.32 Å². The van der Waals surface area contributed by atoms with Crippen molar-refractivity contribution in [3.8, 4) is 0 Å². The molecule has 3 nitrogen and oxygen atoms in total. The average Bonchev–Trinajstić information content (AvgIpc) is 2.73. The highest BCUT2D eigenvalue weighted by atomic mass is 15.3. The van der Waals surface area contributed by atoms with Gasteiger partial charge in [-0.15, -0.1) is 0 Å². The van der Waals surface area contributed by atoms with Crippen molar-refractivity contribution < 1.29 is 0 Å². The molecule has 1 saturated carbocycles. The quantitative estimate of drug-likeness (QED) is 0.824. The van der Waals surface area contributed by atoms with Crippen LogP contribution in [0.25, 0.3) is 6.08 Å². The van der Waals surface area contributed by atoms with E-state index in [1.54, 1.807) is 0 Å². The molecule has 1 aromatic rings. The molecule has 86 valence electrons. The monoisotopic (exact) mass is 217 g/mol. The van der Waals surface area contributed by atoms with E-state index in [-0.39, 0.29) is 0 Å². The van der Waals surface area contributed by atoms with Crippen molar-refractivity contribution in [1.29, 1.82) is 0 Å². The van der Waals surface area contributed by atoms with Crippen LogP contribution in [0, 0.1) is 0 Å². The molecule has 0 radical (unpaired) electrons. The van der Waals surface area contributed by atoms with Crippen LogP contribution in [0.5, 0.6) is 0 Å². The van der Waals surface area contributed by atoms with E-state index in [0.29, 0.717) is 6.04 Å². The fourth-order valence-electron chi connectivity index (χ4n) is 2.56. The van der Waals surface area contributed by atoms with Gasteiger partial charge in [-0.1, -0.05) is 19.3 Å². The number of hydrogen-bond donors (Lipinski definition) is 1. The van der Waals surface area contributed by atoms with E-state index in [2.05, 4.69) is 33.4 Å². The second kappa shape index (κ2) is 4.42. The number of rotatable bonds is 2. The molecule has 2 fully saturated rings. The van der Waals surface area contributed by atoms with Crippen LogP contribution in [-0.4, -0.2) is 22.9 Å². The minimum atomic E-state index is 0.653. The van der Waals surface area contributed by atoms with Gasteiger partial charge in [0.1, 0.15) is 0 Å². The van der Waals surface area contributed by atoms with Crippen LogP contribution in [0.2, 0.25) is 0 Å². The average molecular weight is 217 g/mol. The van der Waals surface area contributed by atoms with Crippen LogP contribution < -0.4 is 5.32 Å². The van der Waals surface area contributed by atoms with Gasteiger partial charge in [-0.2, -0.15) is 5.10 Å². The Bertz CT molecular complexity index is 380. The summed E-state index contributed by atoms with van der Waals surface area (Å²) in [6.07, 6.45) is 11.1. The number of nitrogens with one attached hydrogen (secondary N) is 1. The molecule has 1 aromatic heterocycles. The molecule has 0 unspecified atom stereocenters. The largest absolute Gasteiger partial charge is 0.309 e. The molecule has 3 heteroatoms. The Hall–Kier alpha value is -1.09. The van der Waals surface area contributed by atoms with Crippen molar-refractivity contribution >= 4 is 6.08 Å². The molecule has 0 spiro atoms. The molecular formula is C13H19N3. The summed E-state index contributed by atoms with van der Waals surface area (Å²) in [4.78, 5) is 0. The zero-order valence-corrected chi connectivity index (χ0v) is 9.65. The van der Waals surface area contributed by atoms with Gasteiger partial charge in [-0.3, -0.25) is 4.68 Å². The Kier molecular flexibility index (Phi) is 2.79. The topological polar surface area (TPSA) is 29.9 Å². The normalized spacial score (nSPS) is 21.9. The van der Waals surface area contributed by atoms with E-state index in [0.717, 1.165) is 18.8 Å². The standard InChI is InChI=1S/C13H19N3/c1-2-4-13(5-3-1)16-7-6-12(15-16)8-11-9-14-10-11/h6-8,13-14H,1-5,9-10H2. The number of aromatic nitrogens is 2. The molecule has 1 aliphatic carbocycles. The summed E-state index contributed by atoms with van der Waals surface area (Å²) in [6.45, 7) is 2.08. The van der Waals surface area contributed by atoms with Crippen LogP contribution in [0.3, 0.4) is 0 Å². The van der Waals surface area contributed by atoms with Gasteiger partial charge in [0.05, 0.1) is 11.7 Å². The van der Waals surface area contributed by atoms with E-state index >= 15 is 0 Å². The Morgan fingerprint density at radius 3 is 2.75 bits per heavy atom. The third-order valence-corrected chi connectivity index (χ3v) is 3.63. The fraction of sp³-hybridized carbons (Fsp3) is 0.615. The van der Waals surface area contributed by atoms with Gasteiger partial charge in [0.25, 0.3) is 0 Å². The summed E-state index contributed by atoms with van der Waals surface area (Å²) >= 11 is 0. The molecule has 2 aliphatic rings. The van der Waals surface area contributed by atoms with Crippen molar-refractivity contribution in [3.63, 3.8) is 0 Å². The molecule has 0 atom stereocenters. The van der Waals surface area contributed by atoms with E-state index in [9.17, 15) is 0 Å². The first-order chi connectivity index (χ1) is 7.92. The molecule has 2 heterocycles. The zero-order chi connectivity index (χ0) is 10.8. The van der Waals surface area contributed by atoms with E-state index in [1.165, 1.54) is 37.7 Å². The van der Waals surface area contributed by atoms with Crippen molar-refractivity contribution in [2.24, 2.45) is 0 Å². The maximum Gasteiger partial charge on any atom is 0.0851 e. The Labute approximate surface area is 96.5 Å². The zero-order valence-electron chi connectivity index (χ0n) is 9.65. The summed E-state index contributed by atoms with van der Waals surface area (Å²) < 4.78 is 2.18. The van der Waals surface area contributed by atoms with Gasteiger partial charge in [0, 0.05) is 19.3 Å². The number of hydrogen-bond acceptors (Lipinski definition) is 2. The lowest BCUT2D eigenvalue weighted by Gasteiger charge is -2.21. The maximum absolute atomic E-state index is 4.67. The Balaban J connectivity index is 1.71. The minimum Gasteiger partial charge on any atom is -0.309 e. The number of nitrogens with zero attached hydrogens (tertiary/aromatic N) is 2. The van der Waals surface area contributed by atoms with Gasteiger partial charge in [-0.25, -0.2) is 0 Å². The summed E-state index contributed by atoms with van der Waals surface area (Å²) in [5.41, 5.74) is 2.59. The van der Waals surface area contributed by atoms with Crippen molar-refractivity contribution in [2.75, 3.05) is 13.1 Å². The predicted molar refractivity (Wildman–Crippen MR) is 65.2 cm³/mol. The first-order valence-corrected chi connectivity index (χ1v) is 6.37. The van der Waals surface area contributed by atoms with Crippen LogP contribution in [0.4, 0.5) is 0 Å². The highest BCUT2D eigenvalue weighted by molar-refractivity contribution is 5.51. The lowest BCUT2D eigenvalue weighted by atomic mass is 9.96. The SMILES string of the molecule is C(=C1CNC1)c1ccn(C2CCCCC2)n1. The van der Waals surface area contributed by atoms with Crippen LogP contribution in [0.15, 0.2) is 17.8 Å². The second-order valence-electron chi connectivity index (χ2n) is 4.92. The van der Waals surface area contributed by atoms with Crippen LogP contribution >= 0.6 is 0 Å². The molecule has 1 saturated heterocycles. The molecule has 1 N–H and O–H groups in total. The summed E-state index contributed by atoms with van der Waals surface area (Å²) in [7, 11) is 0. The highest BCUT2D eigenvalue weighted by Gasteiger charge is 2.16. The van der Waals surface area contributed by atoms with Gasteiger partial charge in [0.15, 0.2) is 0 Å². The van der Waals surface area contributed by atoms with E-state index in [1.807, 2.05) is 0 Å². The van der Waals surface area contributed by atoms with Gasteiger partial charge >= 0.3 is 0 Å². The first-order valence-electron chi connectivity index (χ1n) is 6.37. The molecule has 0 aromatic carbocycles. The van der Waals surface area contributed by atoms with Crippen molar-refractivity contribution in [2.45, 2.75) is 38.1 Å². The molecule has 0 amide bonds. The molecular weight excluding hydrogens is 198 g/mol. The molecule has 16 heavy (non-hydrogen) atoms. The summed E-state index contributed by atoms with van der Waals surface area (Å²) in [5, 5.41) is 7.92. The summed E-state index contributed by atoms with van der Waals surface area (Å²) in [6, 6.07) is 2.79. The summed E-state index contributed by atoms with van der Waals surface area (Å²) in [5.74, 6) is 0. The maximum atomic E-state index is 4.67. The van der Waals surface area contributed by atoms with Crippen molar-refractivity contribution in [1.82, 2.24) is 15.1 Å². The third-order valence-electron chi connectivity index (χ3n) is 3.63. The molecule has 0 bridgehead atoms. The Morgan fingerprint density at radius 2 is 2.06 bits per heavy atom. The third kappa shape index (κ3) is 2.05. The first kappa shape index (κ1) is 10.1. The second-order valence-corrected chi connectivity index (χ2v) is 4.92. The van der Waals surface area contributed by atoms with Gasteiger partial charge in [-0.05, 0) is 30.6 Å². The minimum absolute atomic E-state index is 0.653. The lowest BCUT2D eigenvalue weighted by molar-refractivity contribution is 0.329. The molecule has 1 aliphatic heterocycles. The Morgan fingerprint density at radius 1 is 1.25 bits per heavy atom. The van der Waals surface area contributed by atoms with Crippen LogP contribution in [-0.2, 0) is 0 Å². The smallest absolute Gasteiger partial charge is 0.0851 e. The van der Waals surface area contributed by atoms with Gasteiger partial charge in [0.2, 0.25) is 0 Å². The van der Waals surface area contributed by atoms with E-state index in [4.69, 9.17) is 0 Å². The van der Waals surface area contributed by atoms with Crippen molar-refractivity contribution in [3.05, 3.63) is 23.5 Å². The van der Waals surface area contributed by atoms with E-state index < -0.39 is 0 Å². The van der Waals surface area contributed by atoms with Crippen LogP contribution in [0.1, 0.15) is 43.8 Å². The highest BCUT2D eigenvalue weighted by Crippen LogP contribution is 2.27. The molecule has 3 rings (SSSR count). The fourth-order valence-corrected chi connectivity index (χ4v) is 2.56. The lowest BCUT2D eigenvalue weighted by Crippen LogP contribution is -2.33.